The number of ether oxygens (including phenoxy) is 1. The third-order valence-electron chi connectivity index (χ3n) is 3.08. The number of nitrogens with one attached hydrogen (secondary N) is 1. The lowest BCUT2D eigenvalue weighted by Crippen LogP contribution is -2.41. The summed E-state index contributed by atoms with van der Waals surface area (Å²) in [4.78, 5) is 17.2. The Morgan fingerprint density at radius 3 is 3.25 bits per heavy atom. The van der Waals surface area contributed by atoms with Crippen LogP contribution in [0.1, 0.15) is 11.8 Å². The molecule has 3 heterocycles. The molecule has 2 aromatic rings. The van der Waals surface area contributed by atoms with Crippen LogP contribution >= 0.6 is 34.9 Å². The Labute approximate surface area is 129 Å². The van der Waals surface area contributed by atoms with Gasteiger partial charge in [-0.25, -0.2) is 4.99 Å². The molecule has 0 saturated heterocycles. The second-order valence-electron chi connectivity index (χ2n) is 4.48. The van der Waals surface area contributed by atoms with Gasteiger partial charge in [0.25, 0.3) is 0 Å². The lowest BCUT2D eigenvalue weighted by molar-refractivity contribution is -0.147. The van der Waals surface area contributed by atoms with Crippen LogP contribution in [0.15, 0.2) is 22.5 Å². The normalized spacial score (nSPS) is 18.8. The number of hydrogen-bond donors (Lipinski definition) is 1. The maximum Gasteiger partial charge on any atom is 0.316 e. The molecule has 0 aliphatic carbocycles. The van der Waals surface area contributed by atoms with Crippen molar-refractivity contribution in [2.75, 3.05) is 6.54 Å². The van der Waals surface area contributed by atoms with Crippen molar-refractivity contribution in [2.45, 2.75) is 13.5 Å². The highest BCUT2D eigenvalue weighted by Gasteiger charge is 2.26. The molecule has 20 heavy (non-hydrogen) atoms. The fraction of sp³-hybridized carbons (Fsp3) is 0.308. The summed E-state index contributed by atoms with van der Waals surface area (Å²) in [5.41, 5.74) is 0.714. The van der Waals surface area contributed by atoms with E-state index < -0.39 is 0 Å². The van der Waals surface area contributed by atoms with Crippen LogP contribution in [-0.4, -0.2) is 23.3 Å². The van der Waals surface area contributed by atoms with Crippen molar-refractivity contribution in [1.29, 1.82) is 0 Å². The number of thiocarbonyl (C=S) groups is 1. The molecule has 0 bridgehead atoms. The minimum Gasteiger partial charge on any atom is -0.459 e. The van der Waals surface area contributed by atoms with E-state index in [1.54, 1.807) is 29.6 Å². The second kappa shape index (κ2) is 5.59. The zero-order valence-electron chi connectivity index (χ0n) is 10.7. The van der Waals surface area contributed by atoms with Crippen LogP contribution in [0.5, 0.6) is 0 Å². The van der Waals surface area contributed by atoms with E-state index in [0.29, 0.717) is 24.0 Å². The molecule has 104 valence electrons. The van der Waals surface area contributed by atoms with Crippen molar-refractivity contribution in [3.05, 3.63) is 22.4 Å². The van der Waals surface area contributed by atoms with E-state index in [-0.39, 0.29) is 11.9 Å². The second-order valence-corrected chi connectivity index (χ2v) is 7.17. The van der Waals surface area contributed by atoms with Gasteiger partial charge in [-0.2, -0.15) is 0 Å². The number of rotatable bonds is 3. The molecule has 2 aromatic heterocycles. The minimum atomic E-state index is -0.345. The lowest BCUT2D eigenvalue weighted by Gasteiger charge is -2.20. The molecule has 0 fully saturated rings. The monoisotopic (exact) mass is 324 g/mol. The molecule has 1 unspecified atom stereocenters. The molecule has 0 amide bonds. The highest BCUT2D eigenvalue weighted by molar-refractivity contribution is 7.80. The number of thiophene rings is 2. The molecule has 0 radical (unpaired) electrons. The highest BCUT2D eigenvalue weighted by Crippen LogP contribution is 2.30. The third kappa shape index (κ3) is 2.74. The first-order valence-electron chi connectivity index (χ1n) is 6.09. The van der Waals surface area contributed by atoms with Crippen molar-refractivity contribution in [2.24, 2.45) is 10.9 Å². The number of esters is 1. The fourth-order valence-electron chi connectivity index (χ4n) is 2.00. The van der Waals surface area contributed by atoms with Gasteiger partial charge < -0.3 is 10.1 Å². The zero-order chi connectivity index (χ0) is 14.1. The van der Waals surface area contributed by atoms with Gasteiger partial charge in [0, 0.05) is 22.5 Å². The Morgan fingerprint density at radius 1 is 1.65 bits per heavy atom. The van der Waals surface area contributed by atoms with Crippen molar-refractivity contribution in [1.82, 2.24) is 5.32 Å². The van der Waals surface area contributed by atoms with E-state index in [9.17, 15) is 4.79 Å². The van der Waals surface area contributed by atoms with Gasteiger partial charge in [0.2, 0.25) is 0 Å². The number of hydrogen-bond acceptors (Lipinski definition) is 5. The van der Waals surface area contributed by atoms with Crippen molar-refractivity contribution < 1.29 is 9.53 Å². The smallest absolute Gasteiger partial charge is 0.316 e. The summed E-state index contributed by atoms with van der Waals surface area (Å²) < 4.78 is 6.65. The summed E-state index contributed by atoms with van der Waals surface area (Å²) in [5.74, 6) is -0.596. The Kier molecular flexibility index (Phi) is 3.82. The van der Waals surface area contributed by atoms with E-state index >= 15 is 0 Å². The Hall–Kier alpha value is -1.31. The van der Waals surface area contributed by atoms with Crippen molar-refractivity contribution in [3.8, 4) is 0 Å². The van der Waals surface area contributed by atoms with E-state index in [0.717, 1.165) is 4.88 Å². The Morgan fingerprint density at radius 2 is 2.50 bits per heavy atom. The average Bonchev–Trinajstić information content (AvgIpc) is 2.96. The predicted octanol–water partition coefficient (Wildman–Crippen LogP) is 2.97. The van der Waals surface area contributed by atoms with Crippen molar-refractivity contribution in [3.63, 3.8) is 0 Å². The van der Waals surface area contributed by atoms with Gasteiger partial charge in [-0.15, -0.1) is 22.7 Å². The lowest BCUT2D eigenvalue weighted by atomic mass is 10.0. The minimum absolute atomic E-state index is 0.252. The first-order valence-corrected chi connectivity index (χ1v) is 8.19. The van der Waals surface area contributed by atoms with Crippen LogP contribution in [0.3, 0.4) is 0 Å². The first kappa shape index (κ1) is 13.7. The first-order chi connectivity index (χ1) is 9.63. The highest BCUT2D eigenvalue weighted by atomic mass is 32.2. The van der Waals surface area contributed by atoms with Gasteiger partial charge in [-0.3, -0.25) is 4.79 Å². The topological polar surface area (TPSA) is 50.7 Å². The molecule has 1 aliphatic rings. The largest absolute Gasteiger partial charge is 0.459 e. The summed E-state index contributed by atoms with van der Waals surface area (Å²) in [7, 11) is 0. The number of carbonyl (C=O) groups excluding carboxylic acids is 1. The quantitative estimate of drug-likeness (QED) is 0.696. The van der Waals surface area contributed by atoms with Gasteiger partial charge in [0.05, 0.1) is 4.01 Å². The molecule has 0 spiro atoms. The summed E-state index contributed by atoms with van der Waals surface area (Å²) in [6.07, 6.45) is 0. The molecule has 0 saturated carbocycles. The SMILES string of the molecule is CC1=NC(=S)NCC1C(=O)OCc1cc2ccsc2s1. The molecule has 1 aliphatic heterocycles. The van der Waals surface area contributed by atoms with Gasteiger partial charge in [0.15, 0.2) is 5.11 Å². The molecule has 1 N–H and O–H groups in total. The fourth-order valence-corrected chi connectivity index (χ4v) is 4.30. The average molecular weight is 324 g/mol. The number of nitrogens with zero attached hydrogens (tertiary/aromatic N) is 1. The summed E-state index contributed by atoms with van der Waals surface area (Å²) in [6.45, 7) is 2.59. The summed E-state index contributed by atoms with van der Waals surface area (Å²) >= 11 is 8.32. The standard InChI is InChI=1S/C13H12N2O2S3/c1-7-10(5-14-13(18)15-7)11(16)17-6-9-4-8-2-3-19-12(8)20-9/h2-4,10H,5-6H2,1H3,(H,14,18). The van der Waals surface area contributed by atoms with Crippen molar-refractivity contribution >= 4 is 61.1 Å². The van der Waals surface area contributed by atoms with Gasteiger partial charge in [-0.1, -0.05) is 0 Å². The van der Waals surface area contributed by atoms with Crippen LogP contribution in [0.4, 0.5) is 0 Å². The van der Waals surface area contributed by atoms with E-state index in [1.165, 1.54) is 9.40 Å². The molecule has 1 atom stereocenters. The molecule has 4 nitrogen and oxygen atoms in total. The molecular weight excluding hydrogens is 312 g/mol. The molecule has 0 aromatic carbocycles. The number of aliphatic imine (C=N–C) groups is 1. The van der Waals surface area contributed by atoms with Crippen LogP contribution in [-0.2, 0) is 16.1 Å². The number of fused-ring (bicyclic) bond motifs is 1. The van der Waals surface area contributed by atoms with Gasteiger partial charge in [0.1, 0.15) is 12.5 Å². The van der Waals surface area contributed by atoms with E-state index in [2.05, 4.69) is 27.8 Å². The maximum atomic E-state index is 12.1. The maximum absolute atomic E-state index is 12.1. The van der Waals surface area contributed by atoms with E-state index in [4.69, 9.17) is 17.0 Å². The predicted molar refractivity (Wildman–Crippen MR) is 86.7 cm³/mol. The molecule has 7 heteroatoms. The summed E-state index contributed by atoms with van der Waals surface area (Å²) in [6, 6.07) is 4.14. The van der Waals surface area contributed by atoms with Crippen LogP contribution < -0.4 is 5.32 Å². The Bertz CT molecular complexity index is 673. The number of carbonyl (C=O) groups is 1. The Balaban J connectivity index is 1.63. The molecular formula is C13H12N2O2S3. The third-order valence-corrected chi connectivity index (χ3v) is 5.49. The summed E-state index contributed by atoms with van der Waals surface area (Å²) in [5, 5.41) is 6.62. The van der Waals surface area contributed by atoms with Crippen LogP contribution in [0.25, 0.3) is 9.40 Å². The van der Waals surface area contributed by atoms with Crippen LogP contribution in [0.2, 0.25) is 0 Å². The zero-order valence-corrected chi connectivity index (χ0v) is 13.2. The van der Waals surface area contributed by atoms with Crippen LogP contribution in [0, 0.1) is 5.92 Å². The van der Waals surface area contributed by atoms with Gasteiger partial charge >= 0.3 is 5.97 Å². The van der Waals surface area contributed by atoms with Gasteiger partial charge in [-0.05, 0) is 36.7 Å². The van der Waals surface area contributed by atoms with E-state index in [1.807, 2.05) is 0 Å². The molecule has 3 rings (SSSR count).